The summed E-state index contributed by atoms with van der Waals surface area (Å²) in [6.45, 7) is 2.73. The van der Waals surface area contributed by atoms with E-state index in [1.54, 1.807) is 17.5 Å². The summed E-state index contributed by atoms with van der Waals surface area (Å²) in [5.74, 6) is -0.247. The van der Waals surface area contributed by atoms with E-state index in [-0.39, 0.29) is 5.91 Å². The molecule has 2 saturated heterocycles. The van der Waals surface area contributed by atoms with Crippen LogP contribution in [0.25, 0.3) is 10.7 Å². The molecule has 2 aliphatic heterocycles. The molecular formula is C18H21N3O3S. The van der Waals surface area contributed by atoms with E-state index in [0.717, 1.165) is 29.2 Å². The van der Waals surface area contributed by atoms with E-state index < -0.39 is 5.79 Å². The van der Waals surface area contributed by atoms with Gasteiger partial charge in [0.1, 0.15) is 5.01 Å². The van der Waals surface area contributed by atoms with Crippen molar-refractivity contribution in [2.45, 2.75) is 31.5 Å². The van der Waals surface area contributed by atoms with Crippen LogP contribution in [0.2, 0.25) is 0 Å². The van der Waals surface area contributed by atoms with Gasteiger partial charge < -0.3 is 14.4 Å². The Morgan fingerprint density at radius 1 is 1.24 bits per heavy atom. The maximum Gasteiger partial charge on any atom is 0.222 e. The maximum atomic E-state index is 12.5. The summed E-state index contributed by atoms with van der Waals surface area (Å²) in [6.07, 6.45) is 4.44. The maximum absolute atomic E-state index is 12.5. The van der Waals surface area contributed by atoms with Crippen molar-refractivity contribution in [2.75, 3.05) is 26.3 Å². The summed E-state index contributed by atoms with van der Waals surface area (Å²) in [5.41, 5.74) is 1.83. The number of aryl methyl sites for hydroxylation is 1. The molecule has 0 unspecified atom stereocenters. The van der Waals surface area contributed by atoms with Crippen molar-refractivity contribution in [1.29, 1.82) is 0 Å². The first kappa shape index (κ1) is 16.6. The Kier molecular flexibility index (Phi) is 4.78. The molecule has 0 radical (unpaired) electrons. The van der Waals surface area contributed by atoms with Gasteiger partial charge in [0.2, 0.25) is 5.91 Å². The number of aromatic nitrogens is 2. The van der Waals surface area contributed by atoms with E-state index in [0.29, 0.717) is 39.1 Å². The van der Waals surface area contributed by atoms with Crippen molar-refractivity contribution >= 4 is 17.2 Å². The molecule has 0 aliphatic carbocycles. The first-order chi connectivity index (χ1) is 12.2. The second-order valence-corrected chi connectivity index (χ2v) is 7.21. The Labute approximate surface area is 150 Å². The average Bonchev–Trinajstić information content (AvgIpc) is 3.31. The Morgan fingerprint density at radius 2 is 2.04 bits per heavy atom. The van der Waals surface area contributed by atoms with E-state index in [4.69, 9.17) is 9.47 Å². The zero-order valence-electron chi connectivity index (χ0n) is 14.0. The zero-order chi connectivity index (χ0) is 17.1. The number of ether oxygens (including phenoxy) is 2. The van der Waals surface area contributed by atoms with Gasteiger partial charge in [0.25, 0.3) is 0 Å². The number of piperidine rings is 1. The van der Waals surface area contributed by atoms with Crippen molar-refractivity contribution < 1.29 is 14.3 Å². The SMILES string of the molecule is O=C(CCc1csc(-c2ccccn2)n1)N1CCC2(CC1)OCCO2. The molecule has 0 atom stereocenters. The minimum absolute atomic E-state index is 0.181. The molecule has 0 aromatic carbocycles. The number of amides is 1. The van der Waals surface area contributed by atoms with E-state index in [9.17, 15) is 4.79 Å². The molecule has 0 N–H and O–H groups in total. The number of likely N-dealkylation sites (tertiary alicyclic amines) is 1. The van der Waals surface area contributed by atoms with Crippen LogP contribution in [0.4, 0.5) is 0 Å². The molecule has 132 valence electrons. The molecule has 2 fully saturated rings. The summed E-state index contributed by atoms with van der Waals surface area (Å²) in [7, 11) is 0. The molecule has 0 bridgehead atoms. The summed E-state index contributed by atoms with van der Waals surface area (Å²) in [4.78, 5) is 23.3. The molecule has 2 aromatic rings. The van der Waals surface area contributed by atoms with Gasteiger partial charge in [0.05, 0.1) is 24.6 Å². The lowest BCUT2D eigenvalue weighted by Crippen LogP contribution is -2.47. The Balaban J connectivity index is 1.29. The Bertz CT molecular complexity index is 718. The van der Waals surface area contributed by atoms with E-state index >= 15 is 0 Å². The largest absolute Gasteiger partial charge is 0.347 e. The number of hydrogen-bond donors (Lipinski definition) is 0. The van der Waals surface area contributed by atoms with Crippen LogP contribution in [0.15, 0.2) is 29.8 Å². The van der Waals surface area contributed by atoms with Gasteiger partial charge in [-0.2, -0.15) is 0 Å². The lowest BCUT2D eigenvalue weighted by atomic mass is 10.0. The predicted octanol–water partition coefficient (Wildman–Crippen LogP) is 2.50. The molecule has 1 spiro atoms. The van der Waals surface area contributed by atoms with Crippen LogP contribution >= 0.6 is 11.3 Å². The number of thiazole rings is 1. The topological polar surface area (TPSA) is 64.6 Å². The molecule has 4 rings (SSSR count). The predicted molar refractivity (Wildman–Crippen MR) is 94.1 cm³/mol. The molecule has 7 heteroatoms. The fourth-order valence-corrected chi connectivity index (χ4v) is 4.13. The summed E-state index contributed by atoms with van der Waals surface area (Å²) < 4.78 is 11.4. The highest BCUT2D eigenvalue weighted by molar-refractivity contribution is 7.13. The molecule has 1 amide bonds. The summed E-state index contributed by atoms with van der Waals surface area (Å²) in [6, 6.07) is 5.79. The first-order valence-electron chi connectivity index (χ1n) is 8.66. The Hall–Kier alpha value is -1.83. The highest BCUT2D eigenvalue weighted by atomic mass is 32.1. The standard InChI is InChI=1S/C18H21N3O3S/c22-16(21-9-6-18(7-10-21)23-11-12-24-18)5-4-14-13-25-17(20-14)15-3-1-2-8-19-15/h1-3,8,13H,4-7,9-12H2. The number of carbonyl (C=O) groups excluding carboxylic acids is 1. The monoisotopic (exact) mass is 359 g/mol. The second kappa shape index (κ2) is 7.19. The van der Waals surface area contributed by atoms with Crippen LogP contribution in [0.3, 0.4) is 0 Å². The Morgan fingerprint density at radius 3 is 2.76 bits per heavy atom. The van der Waals surface area contributed by atoms with Crippen molar-refractivity contribution in [3.63, 3.8) is 0 Å². The van der Waals surface area contributed by atoms with Gasteiger partial charge in [-0.25, -0.2) is 4.98 Å². The number of rotatable bonds is 4. The van der Waals surface area contributed by atoms with Crippen LogP contribution in [0.5, 0.6) is 0 Å². The van der Waals surface area contributed by atoms with E-state index in [1.165, 1.54) is 0 Å². The van der Waals surface area contributed by atoms with Gasteiger partial charge in [0, 0.05) is 43.9 Å². The third-order valence-corrected chi connectivity index (χ3v) is 5.64. The van der Waals surface area contributed by atoms with Crippen molar-refractivity contribution in [2.24, 2.45) is 0 Å². The lowest BCUT2D eigenvalue weighted by Gasteiger charge is -2.37. The van der Waals surface area contributed by atoms with Crippen LogP contribution in [-0.2, 0) is 20.7 Å². The lowest BCUT2D eigenvalue weighted by molar-refractivity contribution is -0.187. The molecule has 25 heavy (non-hydrogen) atoms. The van der Waals surface area contributed by atoms with Gasteiger partial charge in [0.15, 0.2) is 5.79 Å². The molecule has 2 aliphatic rings. The van der Waals surface area contributed by atoms with E-state index in [2.05, 4.69) is 9.97 Å². The second-order valence-electron chi connectivity index (χ2n) is 6.35. The van der Waals surface area contributed by atoms with E-state index in [1.807, 2.05) is 28.5 Å². The first-order valence-corrected chi connectivity index (χ1v) is 9.54. The number of carbonyl (C=O) groups is 1. The normalized spacial score (nSPS) is 19.4. The fourth-order valence-electron chi connectivity index (χ4n) is 3.30. The zero-order valence-corrected chi connectivity index (χ0v) is 14.8. The molecule has 0 saturated carbocycles. The van der Waals surface area contributed by atoms with Gasteiger partial charge >= 0.3 is 0 Å². The average molecular weight is 359 g/mol. The minimum Gasteiger partial charge on any atom is -0.347 e. The highest BCUT2D eigenvalue weighted by Gasteiger charge is 2.40. The van der Waals surface area contributed by atoms with Crippen LogP contribution in [-0.4, -0.2) is 52.9 Å². The number of pyridine rings is 1. The van der Waals surface area contributed by atoms with Gasteiger partial charge in [-0.05, 0) is 18.6 Å². The molecule has 2 aromatic heterocycles. The fraction of sp³-hybridized carbons (Fsp3) is 0.500. The summed E-state index contributed by atoms with van der Waals surface area (Å²) >= 11 is 1.57. The third-order valence-electron chi connectivity index (χ3n) is 4.72. The molecule has 6 nitrogen and oxygen atoms in total. The van der Waals surface area contributed by atoms with Gasteiger partial charge in [-0.3, -0.25) is 9.78 Å². The van der Waals surface area contributed by atoms with Gasteiger partial charge in [-0.15, -0.1) is 11.3 Å². The minimum atomic E-state index is -0.427. The van der Waals surface area contributed by atoms with Gasteiger partial charge in [-0.1, -0.05) is 6.07 Å². The highest BCUT2D eigenvalue weighted by Crippen LogP contribution is 2.31. The van der Waals surface area contributed by atoms with Crippen molar-refractivity contribution in [3.05, 3.63) is 35.5 Å². The number of hydrogen-bond acceptors (Lipinski definition) is 6. The number of nitrogens with zero attached hydrogens (tertiary/aromatic N) is 3. The van der Waals surface area contributed by atoms with Crippen molar-refractivity contribution in [1.82, 2.24) is 14.9 Å². The molecule has 4 heterocycles. The third kappa shape index (κ3) is 3.73. The quantitative estimate of drug-likeness (QED) is 0.839. The van der Waals surface area contributed by atoms with Crippen LogP contribution < -0.4 is 0 Å². The van der Waals surface area contributed by atoms with Crippen LogP contribution in [0.1, 0.15) is 25.0 Å². The smallest absolute Gasteiger partial charge is 0.222 e. The van der Waals surface area contributed by atoms with Crippen molar-refractivity contribution in [3.8, 4) is 10.7 Å². The van der Waals surface area contributed by atoms with Crippen LogP contribution in [0, 0.1) is 0 Å². The summed E-state index contributed by atoms with van der Waals surface area (Å²) in [5, 5.41) is 2.92. The molecular weight excluding hydrogens is 338 g/mol.